The highest BCUT2D eigenvalue weighted by Crippen LogP contribution is 2.46. The summed E-state index contributed by atoms with van der Waals surface area (Å²) in [7, 11) is 0. The molecule has 4 unspecified atom stereocenters. The van der Waals surface area contributed by atoms with Crippen LogP contribution in [-0.4, -0.2) is 6.54 Å². The molecule has 0 aliphatic heterocycles. The molecule has 2 aliphatic rings. The Morgan fingerprint density at radius 2 is 1.76 bits per heavy atom. The first-order valence-corrected chi connectivity index (χ1v) is 9.14. The van der Waals surface area contributed by atoms with Gasteiger partial charge in [-0.25, -0.2) is 0 Å². The maximum absolute atomic E-state index is 6.05. The highest BCUT2D eigenvalue weighted by Gasteiger charge is 2.35. The van der Waals surface area contributed by atoms with Gasteiger partial charge < -0.3 is 5.32 Å². The first-order chi connectivity index (χ1) is 10.3. The van der Waals surface area contributed by atoms with Gasteiger partial charge in [0, 0.05) is 11.1 Å². The lowest BCUT2D eigenvalue weighted by molar-refractivity contribution is 0.110. The topological polar surface area (TPSA) is 12.0 Å². The van der Waals surface area contributed by atoms with Gasteiger partial charge in [-0.1, -0.05) is 56.3 Å². The van der Waals surface area contributed by atoms with Crippen LogP contribution in [0.4, 0.5) is 0 Å². The average molecular weight is 306 g/mol. The van der Waals surface area contributed by atoms with E-state index in [0.29, 0.717) is 6.04 Å². The molecular formula is C19H28ClN. The summed E-state index contributed by atoms with van der Waals surface area (Å²) >= 11 is 6.05. The Balaban J connectivity index is 1.73. The van der Waals surface area contributed by atoms with Crippen molar-refractivity contribution in [1.29, 1.82) is 0 Å². The Kier molecular flexibility index (Phi) is 5.24. The number of hydrogen-bond donors (Lipinski definition) is 1. The van der Waals surface area contributed by atoms with Gasteiger partial charge in [0.1, 0.15) is 0 Å². The highest BCUT2D eigenvalue weighted by molar-refractivity contribution is 6.30. The molecule has 21 heavy (non-hydrogen) atoms. The van der Waals surface area contributed by atoms with Crippen molar-refractivity contribution in [3.05, 3.63) is 34.9 Å². The van der Waals surface area contributed by atoms with E-state index < -0.39 is 0 Å². The van der Waals surface area contributed by atoms with Crippen molar-refractivity contribution in [2.75, 3.05) is 6.54 Å². The first-order valence-electron chi connectivity index (χ1n) is 8.76. The minimum absolute atomic E-state index is 0.509. The Morgan fingerprint density at radius 3 is 2.48 bits per heavy atom. The van der Waals surface area contributed by atoms with Gasteiger partial charge in [0.15, 0.2) is 0 Å². The van der Waals surface area contributed by atoms with E-state index in [-0.39, 0.29) is 0 Å². The maximum Gasteiger partial charge on any atom is 0.0406 e. The second-order valence-electron chi connectivity index (χ2n) is 6.96. The molecule has 2 heteroatoms. The van der Waals surface area contributed by atoms with Crippen LogP contribution < -0.4 is 5.32 Å². The van der Waals surface area contributed by atoms with Crippen LogP contribution in [0.25, 0.3) is 0 Å². The normalized spacial score (nSPS) is 30.7. The van der Waals surface area contributed by atoms with E-state index in [1.807, 2.05) is 12.1 Å². The van der Waals surface area contributed by atoms with Crippen LogP contribution in [0.3, 0.4) is 0 Å². The quantitative estimate of drug-likeness (QED) is 0.763. The Labute approximate surface area is 134 Å². The smallest absolute Gasteiger partial charge is 0.0406 e. The number of nitrogens with one attached hydrogen (secondary N) is 1. The summed E-state index contributed by atoms with van der Waals surface area (Å²) in [5.74, 6) is 2.82. The fourth-order valence-corrected chi connectivity index (χ4v) is 4.79. The monoisotopic (exact) mass is 305 g/mol. The zero-order chi connectivity index (χ0) is 14.7. The van der Waals surface area contributed by atoms with Crippen molar-refractivity contribution in [3.63, 3.8) is 0 Å². The summed E-state index contributed by atoms with van der Waals surface area (Å²) in [6.07, 6.45) is 10.2. The Morgan fingerprint density at radius 1 is 1.05 bits per heavy atom. The Bertz CT molecular complexity index is 441. The van der Waals surface area contributed by atoms with Gasteiger partial charge in [0.05, 0.1) is 0 Å². The minimum atomic E-state index is 0.509. The van der Waals surface area contributed by atoms with E-state index >= 15 is 0 Å². The molecule has 2 aliphatic carbocycles. The van der Waals surface area contributed by atoms with Crippen LogP contribution in [0.1, 0.15) is 63.5 Å². The summed E-state index contributed by atoms with van der Waals surface area (Å²) in [6.45, 7) is 3.26. The largest absolute Gasteiger partial charge is 0.310 e. The number of hydrogen-bond acceptors (Lipinski definition) is 1. The standard InChI is InChI=1S/C19H28ClN/c1-2-21-19(15-9-11-18(20)12-10-15)17-8-7-14-5-3-4-6-16(14)13-17/h9-12,14,16-17,19,21H,2-8,13H2,1H3. The van der Waals surface area contributed by atoms with Crippen LogP contribution in [0.15, 0.2) is 24.3 Å². The predicted octanol–water partition coefficient (Wildman–Crippen LogP) is 5.60. The molecule has 0 heterocycles. The lowest BCUT2D eigenvalue weighted by atomic mass is 9.65. The SMILES string of the molecule is CCNC(c1ccc(Cl)cc1)C1CCC2CCCCC2C1. The fourth-order valence-electron chi connectivity index (χ4n) is 4.66. The molecular weight excluding hydrogens is 278 g/mol. The summed E-state index contributed by atoms with van der Waals surface area (Å²) in [5, 5.41) is 4.58. The Hall–Kier alpha value is -0.530. The van der Waals surface area contributed by atoms with Crippen molar-refractivity contribution in [2.45, 2.75) is 57.9 Å². The molecule has 1 aromatic rings. The van der Waals surface area contributed by atoms with E-state index in [1.165, 1.54) is 50.5 Å². The third-order valence-corrected chi connectivity index (χ3v) is 5.96. The van der Waals surface area contributed by atoms with Crippen molar-refractivity contribution >= 4 is 11.6 Å². The maximum atomic E-state index is 6.05. The first kappa shape index (κ1) is 15.4. The van der Waals surface area contributed by atoms with E-state index in [2.05, 4.69) is 24.4 Å². The van der Waals surface area contributed by atoms with Crippen molar-refractivity contribution in [3.8, 4) is 0 Å². The van der Waals surface area contributed by atoms with E-state index in [4.69, 9.17) is 11.6 Å². The van der Waals surface area contributed by atoms with E-state index in [0.717, 1.165) is 29.3 Å². The lowest BCUT2D eigenvalue weighted by Crippen LogP contribution is -2.35. The van der Waals surface area contributed by atoms with Crippen LogP contribution in [0.5, 0.6) is 0 Å². The second-order valence-corrected chi connectivity index (χ2v) is 7.40. The number of fused-ring (bicyclic) bond motifs is 1. The highest BCUT2D eigenvalue weighted by atomic mass is 35.5. The lowest BCUT2D eigenvalue weighted by Gasteiger charge is -2.42. The predicted molar refractivity (Wildman–Crippen MR) is 90.7 cm³/mol. The summed E-state index contributed by atoms with van der Waals surface area (Å²) in [6, 6.07) is 9.00. The van der Waals surface area contributed by atoms with Crippen LogP contribution >= 0.6 is 11.6 Å². The van der Waals surface area contributed by atoms with Gasteiger partial charge in [-0.15, -0.1) is 0 Å². The van der Waals surface area contributed by atoms with Gasteiger partial charge in [-0.2, -0.15) is 0 Å². The van der Waals surface area contributed by atoms with Crippen LogP contribution in [0.2, 0.25) is 5.02 Å². The molecule has 0 amide bonds. The molecule has 1 aromatic carbocycles. The molecule has 2 fully saturated rings. The van der Waals surface area contributed by atoms with E-state index in [9.17, 15) is 0 Å². The van der Waals surface area contributed by atoms with Gasteiger partial charge in [0.2, 0.25) is 0 Å². The summed E-state index contributed by atoms with van der Waals surface area (Å²) in [5.41, 5.74) is 1.42. The molecule has 1 N–H and O–H groups in total. The number of rotatable bonds is 4. The molecule has 2 saturated carbocycles. The average Bonchev–Trinajstić information content (AvgIpc) is 2.53. The molecule has 0 aromatic heterocycles. The zero-order valence-corrected chi connectivity index (χ0v) is 13.9. The zero-order valence-electron chi connectivity index (χ0n) is 13.2. The van der Waals surface area contributed by atoms with Crippen molar-refractivity contribution < 1.29 is 0 Å². The molecule has 0 radical (unpaired) electrons. The van der Waals surface area contributed by atoms with Gasteiger partial charge in [-0.05, 0) is 61.3 Å². The molecule has 4 atom stereocenters. The molecule has 0 spiro atoms. The van der Waals surface area contributed by atoms with Gasteiger partial charge in [0.25, 0.3) is 0 Å². The second kappa shape index (κ2) is 7.15. The minimum Gasteiger partial charge on any atom is -0.310 e. The summed E-state index contributed by atoms with van der Waals surface area (Å²) in [4.78, 5) is 0. The van der Waals surface area contributed by atoms with Gasteiger partial charge in [-0.3, -0.25) is 0 Å². The molecule has 1 nitrogen and oxygen atoms in total. The number of benzene rings is 1. The fraction of sp³-hybridized carbons (Fsp3) is 0.684. The third kappa shape index (κ3) is 3.63. The van der Waals surface area contributed by atoms with Gasteiger partial charge >= 0.3 is 0 Å². The summed E-state index contributed by atoms with van der Waals surface area (Å²) < 4.78 is 0. The van der Waals surface area contributed by atoms with Crippen molar-refractivity contribution in [2.24, 2.45) is 17.8 Å². The van der Waals surface area contributed by atoms with Crippen LogP contribution in [-0.2, 0) is 0 Å². The molecule has 3 rings (SSSR count). The van der Waals surface area contributed by atoms with E-state index in [1.54, 1.807) is 0 Å². The third-order valence-electron chi connectivity index (χ3n) is 5.70. The number of halogens is 1. The van der Waals surface area contributed by atoms with Crippen molar-refractivity contribution in [1.82, 2.24) is 5.32 Å². The molecule has 116 valence electrons. The van der Waals surface area contributed by atoms with Crippen LogP contribution in [0, 0.1) is 17.8 Å². The molecule has 0 saturated heterocycles. The molecule has 0 bridgehead atoms.